The Morgan fingerprint density at radius 3 is 2.26 bits per heavy atom. The van der Waals surface area contributed by atoms with Gasteiger partial charge in [-0.25, -0.2) is 4.79 Å². The number of rotatable bonds is 3. The number of esters is 1. The minimum Gasteiger partial charge on any atom is -0.509 e. The molecule has 0 aromatic heterocycles. The number of aromatic hydroxyl groups is 1. The number of benzene rings is 1. The maximum atomic E-state index is 14.4. The van der Waals surface area contributed by atoms with Gasteiger partial charge in [-0.05, 0) is 38.6 Å². The molecule has 9 N–H and O–H groups in total. The van der Waals surface area contributed by atoms with Crippen LogP contribution in [0.15, 0.2) is 23.0 Å². The highest BCUT2D eigenvalue weighted by Gasteiger charge is 2.74. The van der Waals surface area contributed by atoms with Crippen LogP contribution in [0.2, 0.25) is 0 Å². The van der Waals surface area contributed by atoms with E-state index in [1.807, 2.05) is 0 Å². The Balaban J connectivity index is 2.14. The van der Waals surface area contributed by atoms with Crippen LogP contribution in [-0.4, -0.2) is 96.1 Å². The summed E-state index contributed by atoms with van der Waals surface area (Å²) in [4.78, 5) is 54.8. The molecule has 0 saturated heterocycles. The summed E-state index contributed by atoms with van der Waals surface area (Å²) in [6.45, 7) is 0. The number of anilines is 1. The van der Waals surface area contributed by atoms with Crippen molar-refractivity contribution in [3.63, 3.8) is 0 Å². The number of ketones is 2. The van der Waals surface area contributed by atoms with E-state index in [0.29, 0.717) is 5.69 Å². The number of ether oxygens (including phenoxy) is 1. The standard InChI is InChI=1S/C28H30N6O8/c1-33(2)14-8-12(6-7-15(35)42-5)19(36)16-13(14)9-26(31)10-28(32)22(34(3)4)21(38)17(25(30)41)23(39)27(28,11-29)24(40)18(26)20(16)37/h8,22,36-37,39H,9-10,31-32H2,1-5H3,(H2,30,41)/t22-,26-,27+,28-/m1/s1. The molecule has 1 saturated carbocycles. The predicted octanol–water partition coefficient (Wildman–Crippen LogP) is -1.50. The zero-order chi connectivity index (χ0) is 31.7. The van der Waals surface area contributed by atoms with Gasteiger partial charge in [-0.3, -0.25) is 19.3 Å². The van der Waals surface area contributed by atoms with E-state index in [1.165, 1.54) is 25.1 Å². The van der Waals surface area contributed by atoms with E-state index < -0.39 is 80.8 Å². The zero-order valence-corrected chi connectivity index (χ0v) is 23.5. The van der Waals surface area contributed by atoms with Crippen molar-refractivity contribution in [3.05, 3.63) is 39.7 Å². The summed E-state index contributed by atoms with van der Waals surface area (Å²) >= 11 is 0. The SMILES string of the molecule is COC(=O)C#Cc1cc(N(C)C)c2c(c1O)C(O)=C1C(=O)[C@]3(C#N)C(O)=C(C(N)=O)C(=O)[C@@H](N(C)C)[C@]3(N)C[C@]1(N)C2. The number of phenolic OH excluding ortho intramolecular Hbond substituents is 1. The number of carbonyl (C=O) groups excluding carboxylic acids is 4. The number of likely N-dealkylation sites (N-methyl/N-ethyl adjacent to an activating group) is 1. The molecule has 14 heteroatoms. The van der Waals surface area contributed by atoms with Crippen LogP contribution in [-0.2, 0) is 30.3 Å². The van der Waals surface area contributed by atoms with Gasteiger partial charge in [-0.2, -0.15) is 5.26 Å². The van der Waals surface area contributed by atoms with Crippen molar-refractivity contribution in [2.75, 3.05) is 40.2 Å². The number of hydrogen-bond donors (Lipinski definition) is 6. The normalized spacial score (nSPS) is 28.2. The van der Waals surface area contributed by atoms with Crippen molar-refractivity contribution in [2.24, 2.45) is 22.6 Å². The number of Topliss-reactive ketones (excluding diaryl/α,β-unsaturated/α-hetero) is 2. The lowest BCUT2D eigenvalue weighted by Crippen LogP contribution is -2.80. The van der Waals surface area contributed by atoms with Crippen LogP contribution < -0.4 is 22.1 Å². The average molecular weight is 579 g/mol. The van der Waals surface area contributed by atoms with Crippen molar-refractivity contribution in [1.82, 2.24) is 4.90 Å². The maximum Gasteiger partial charge on any atom is 0.384 e. The summed E-state index contributed by atoms with van der Waals surface area (Å²) in [6, 6.07) is 1.67. The number of fused-ring (bicyclic) bond motifs is 3. The fourth-order valence-corrected chi connectivity index (χ4v) is 6.54. The number of hydrogen-bond acceptors (Lipinski definition) is 13. The fourth-order valence-electron chi connectivity index (χ4n) is 6.54. The topological polar surface area (TPSA) is 247 Å². The van der Waals surface area contributed by atoms with E-state index in [2.05, 4.69) is 16.6 Å². The second-order valence-corrected chi connectivity index (χ2v) is 11.1. The monoisotopic (exact) mass is 578 g/mol. The van der Waals surface area contributed by atoms with Gasteiger partial charge in [0.1, 0.15) is 22.8 Å². The molecule has 3 aliphatic rings. The lowest BCUT2D eigenvalue weighted by molar-refractivity contribution is -0.139. The number of aliphatic hydroxyl groups excluding tert-OH is 2. The van der Waals surface area contributed by atoms with Crippen LogP contribution in [0.4, 0.5) is 5.69 Å². The largest absolute Gasteiger partial charge is 0.509 e. The van der Waals surface area contributed by atoms with Gasteiger partial charge in [-0.1, -0.05) is 5.92 Å². The first-order valence-electron chi connectivity index (χ1n) is 12.5. The van der Waals surface area contributed by atoms with E-state index in [4.69, 9.17) is 17.2 Å². The van der Waals surface area contributed by atoms with Crippen LogP contribution in [0.3, 0.4) is 0 Å². The van der Waals surface area contributed by atoms with Gasteiger partial charge >= 0.3 is 5.97 Å². The molecule has 0 spiro atoms. The molecule has 0 heterocycles. The Morgan fingerprint density at radius 2 is 1.76 bits per heavy atom. The molecule has 4 rings (SSSR count). The molecule has 4 atom stereocenters. The molecule has 0 radical (unpaired) electrons. The van der Waals surface area contributed by atoms with Crippen molar-refractivity contribution < 1.29 is 39.2 Å². The van der Waals surface area contributed by atoms with Crippen molar-refractivity contribution in [2.45, 2.75) is 30.0 Å². The van der Waals surface area contributed by atoms with E-state index >= 15 is 0 Å². The van der Waals surface area contributed by atoms with Crippen LogP contribution in [0, 0.1) is 28.6 Å². The van der Waals surface area contributed by atoms with Gasteiger partial charge in [0, 0.05) is 25.7 Å². The highest BCUT2D eigenvalue weighted by atomic mass is 16.5. The molecule has 1 fully saturated rings. The molecule has 1 aromatic rings. The van der Waals surface area contributed by atoms with Gasteiger partial charge in [0.05, 0.1) is 47.0 Å². The third kappa shape index (κ3) is 3.70. The van der Waals surface area contributed by atoms with Crippen LogP contribution >= 0.6 is 0 Å². The van der Waals surface area contributed by atoms with Crippen LogP contribution in [0.25, 0.3) is 5.76 Å². The summed E-state index contributed by atoms with van der Waals surface area (Å²) in [5.41, 5.74) is 11.1. The number of nitrogens with two attached hydrogens (primary N) is 3. The quantitative estimate of drug-likeness (QED) is 0.136. The van der Waals surface area contributed by atoms with E-state index in [0.717, 1.165) is 7.11 Å². The van der Waals surface area contributed by atoms with Crippen LogP contribution in [0.1, 0.15) is 23.1 Å². The minimum atomic E-state index is -2.77. The molecule has 14 nitrogen and oxygen atoms in total. The van der Waals surface area contributed by atoms with E-state index in [1.54, 1.807) is 25.1 Å². The Kier molecular flexibility index (Phi) is 6.87. The molecule has 0 aliphatic heterocycles. The Bertz CT molecular complexity index is 1660. The Labute approximate surface area is 240 Å². The van der Waals surface area contributed by atoms with Crippen molar-refractivity contribution in [3.8, 4) is 23.7 Å². The van der Waals surface area contributed by atoms with Gasteiger partial charge < -0.3 is 42.2 Å². The van der Waals surface area contributed by atoms with Crippen LogP contribution in [0.5, 0.6) is 5.75 Å². The first kappa shape index (κ1) is 30.1. The molecule has 42 heavy (non-hydrogen) atoms. The maximum absolute atomic E-state index is 14.4. The molecular weight excluding hydrogens is 548 g/mol. The molecule has 220 valence electrons. The smallest absolute Gasteiger partial charge is 0.384 e. The number of carbonyl (C=O) groups is 4. The summed E-state index contributed by atoms with van der Waals surface area (Å²) in [6.07, 6.45) is -0.721. The fraction of sp³-hybridized carbons (Fsp3) is 0.393. The van der Waals surface area contributed by atoms with Crippen molar-refractivity contribution in [1.29, 1.82) is 5.26 Å². The third-order valence-corrected chi connectivity index (χ3v) is 8.19. The molecular formula is C28H30N6O8. The summed E-state index contributed by atoms with van der Waals surface area (Å²) < 4.78 is 4.52. The number of primary amides is 1. The second kappa shape index (κ2) is 9.60. The highest BCUT2D eigenvalue weighted by molar-refractivity contribution is 6.25. The summed E-state index contributed by atoms with van der Waals surface area (Å²) in [5.74, 6) is -2.53. The van der Waals surface area contributed by atoms with Crippen molar-refractivity contribution >= 4 is 34.9 Å². The third-order valence-electron chi connectivity index (χ3n) is 8.19. The first-order valence-corrected chi connectivity index (χ1v) is 12.5. The number of aliphatic hydroxyl groups is 2. The molecule has 0 bridgehead atoms. The number of nitrogens with zero attached hydrogens (tertiary/aromatic N) is 3. The number of methoxy groups -OCH3 is 1. The molecule has 3 aliphatic carbocycles. The van der Waals surface area contributed by atoms with Gasteiger partial charge in [-0.15, -0.1) is 0 Å². The van der Waals surface area contributed by atoms with Gasteiger partial charge in [0.25, 0.3) is 5.91 Å². The van der Waals surface area contributed by atoms with Gasteiger partial charge in [0.2, 0.25) is 0 Å². The molecule has 1 aromatic carbocycles. The zero-order valence-electron chi connectivity index (χ0n) is 23.5. The Hall–Kier alpha value is -4.89. The number of phenols is 1. The molecule has 1 amide bonds. The minimum absolute atomic E-state index is 0.0966. The summed E-state index contributed by atoms with van der Waals surface area (Å²) in [7, 11) is 7.32. The molecule has 0 unspecified atom stereocenters. The summed E-state index contributed by atoms with van der Waals surface area (Å²) in [5, 5.41) is 44.6. The Morgan fingerprint density at radius 1 is 1.14 bits per heavy atom. The highest BCUT2D eigenvalue weighted by Crippen LogP contribution is 2.59. The lowest BCUT2D eigenvalue weighted by atomic mass is 9.47. The average Bonchev–Trinajstić information content (AvgIpc) is 2.86. The lowest BCUT2D eigenvalue weighted by Gasteiger charge is -2.58. The number of amides is 1. The van der Waals surface area contributed by atoms with Gasteiger partial charge in [0.15, 0.2) is 17.0 Å². The number of nitriles is 1. The van der Waals surface area contributed by atoms with E-state index in [-0.39, 0.29) is 23.1 Å². The second-order valence-electron chi connectivity index (χ2n) is 11.1. The first-order chi connectivity index (χ1) is 19.4. The van der Waals surface area contributed by atoms with E-state index in [9.17, 15) is 39.8 Å². The predicted molar refractivity (Wildman–Crippen MR) is 147 cm³/mol.